The van der Waals surface area contributed by atoms with Crippen molar-refractivity contribution in [1.82, 2.24) is 0 Å². The Bertz CT molecular complexity index is 190. The minimum absolute atomic E-state index is 0.0985. The van der Waals surface area contributed by atoms with Crippen LogP contribution in [0, 0.1) is 0 Å². The number of carbonyl (C=O) groups is 1. The van der Waals surface area contributed by atoms with E-state index in [9.17, 15) is 4.79 Å². The van der Waals surface area contributed by atoms with Gasteiger partial charge in [-0.15, -0.1) is 0 Å². The van der Waals surface area contributed by atoms with Gasteiger partial charge in [0.1, 0.15) is 15.4 Å². The second-order valence-electron chi connectivity index (χ2n) is 3.03. The molecular weight excluding hydrogens is 212 g/mol. The third-order valence-corrected chi connectivity index (χ3v) is 3.40. The number of esters is 1. The molecule has 0 rings (SSSR count). The summed E-state index contributed by atoms with van der Waals surface area (Å²) < 4.78 is 15.8. The minimum atomic E-state index is -0.760. The Morgan fingerprint density at radius 1 is 1.40 bits per heavy atom. The Kier molecular flexibility index (Phi) is 8.26. The van der Waals surface area contributed by atoms with Crippen molar-refractivity contribution < 1.29 is 19.0 Å². The second kappa shape index (κ2) is 8.64. The largest absolute Gasteiger partial charge is 0.464 e. The molecule has 0 bridgehead atoms. The summed E-state index contributed by atoms with van der Waals surface area (Å²) in [6.07, 6.45) is 1.17. The van der Waals surface area contributed by atoms with Crippen LogP contribution < -0.4 is 0 Å². The van der Waals surface area contributed by atoms with Crippen molar-refractivity contribution in [2.75, 3.05) is 13.2 Å². The molecule has 0 fully saturated rings. The zero-order chi connectivity index (χ0) is 11.7. The summed E-state index contributed by atoms with van der Waals surface area (Å²) >= 11 is 0. The molecule has 0 aromatic carbocycles. The van der Waals surface area contributed by atoms with Crippen LogP contribution in [-0.2, 0) is 19.0 Å². The predicted molar refractivity (Wildman–Crippen MR) is 61.3 cm³/mol. The molecule has 15 heavy (non-hydrogen) atoms. The van der Waals surface area contributed by atoms with Gasteiger partial charge in [-0.1, -0.05) is 6.58 Å². The molecule has 0 aromatic heterocycles. The molecule has 0 amide bonds. The van der Waals surface area contributed by atoms with Crippen molar-refractivity contribution >= 4 is 15.5 Å². The van der Waals surface area contributed by atoms with E-state index in [2.05, 4.69) is 6.58 Å². The summed E-state index contributed by atoms with van der Waals surface area (Å²) in [5.74, 6) is -0.561. The van der Waals surface area contributed by atoms with Crippen molar-refractivity contribution in [1.29, 1.82) is 0 Å². The van der Waals surface area contributed by atoms with Gasteiger partial charge in [0.25, 0.3) is 0 Å². The first-order valence-electron chi connectivity index (χ1n) is 5.20. The summed E-state index contributed by atoms with van der Waals surface area (Å²) in [5.41, 5.74) is -0.0985. The van der Waals surface area contributed by atoms with Crippen LogP contribution in [-0.4, -0.2) is 40.3 Å². The summed E-state index contributed by atoms with van der Waals surface area (Å²) in [6.45, 7) is 10.3. The lowest BCUT2D eigenvalue weighted by molar-refractivity contribution is -0.139. The fourth-order valence-corrected chi connectivity index (χ4v) is 2.67. The van der Waals surface area contributed by atoms with Gasteiger partial charge < -0.3 is 14.2 Å². The molecule has 1 unspecified atom stereocenters. The normalized spacial score (nSPS) is 13.3. The van der Waals surface area contributed by atoms with Gasteiger partial charge in [-0.05, 0) is 20.8 Å². The molecule has 0 aliphatic carbocycles. The molecule has 4 nitrogen and oxygen atoms in total. The van der Waals surface area contributed by atoms with Crippen molar-refractivity contribution in [2.24, 2.45) is 0 Å². The van der Waals surface area contributed by atoms with E-state index in [0.29, 0.717) is 13.2 Å². The highest BCUT2D eigenvalue weighted by Crippen LogP contribution is 1.99. The Hall–Kier alpha value is -0.653. The van der Waals surface area contributed by atoms with E-state index in [4.69, 9.17) is 14.2 Å². The van der Waals surface area contributed by atoms with E-state index in [1.165, 1.54) is 6.08 Å². The first-order chi connectivity index (χ1) is 7.13. The van der Waals surface area contributed by atoms with E-state index >= 15 is 0 Å². The van der Waals surface area contributed by atoms with Crippen LogP contribution in [0.2, 0.25) is 0 Å². The number of rotatable bonds is 8. The van der Waals surface area contributed by atoms with E-state index in [0.717, 1.165) is 0 Å². The zero-order valence-corrected chi connectivity index (χ0v) is 11.1. The first kappa shape index (κ1) is 14.3. The number of ether oxygens (including phenoxy) is 3. The Morgan fingerprint density at radius 2 is 1.93 bits per heavy atom. The van der Waals surface area contributed by atoms with Gasteiger partial charge in [0.15, 0.2) is 0 Å². The maximum absolute atomic E-state index is 10.9. The lowest BCUT2D eigenvalue weighted by Crippen LogP contribution is -2.34. The van der Waals surface area contributed by atoms with Crippen LogP contribution in [0.25, 0.3) is 0 Å². The molecule has 0 N–H and O–H groups in total. The van der Waals surface area contributed by atoms with Crippen LogP contribution in [0.5, 0.6) is 0 Å². The Balaban J connectivity index is 3.91. The number of hydrogen-bond acceptors (Lipinski definition) is 4. The molecule has 1 atom stereocenters. The lowest BCUT2D eigenvalue weighted by atomic mass is 10.6. The first-order valence-corrected chi connectivity index (χ1v) is 6.83. The lowest BCUT2D eigenvalue weighted by Gasteiger charge is -2.20. The maximum Gasteiger partial charge on any atom is 0.330 e. The van der Waals surface area contributed by atoms with Gasteiger partial charge in [-0.2, -0.15) is 0 Å². The van der Waals surface area contributed by atoms with Gasteiger partial charge in [0.2, 0.25) is 0 Å². The zero-order valence-electron chi connectivity index (χ0n) is 9.69. The molecule has 0 aromatic rings. The van der Waals surface area contributed by atoms with Gasteiger partial charge in [-0.25, -0.2) is 4.79 Å². The molecule has 0 radical (unpaired) electrons. The summed E-state index contributed by atoms with van der Waals surface area (Å²) in [4.78, 5) is 10.9. The summed E-state index contributed by atoms with van der Waals surface area (Å²) in [5, 5.41) is 0. The van der Waals surface area contributed by atoms with E-state index in [1.54, 1.807) is 0 Å². The highest BCUT2D eigenvalue weighted by Gasteiger charge is 2.16. The molecule has 88 valence electrons. The fourth-order valence-electron chi connectivity index (χ4n) is 1.12. The van der Waals surface area contributed by atoms with E-state index in [-0.39, 0.29) is 17.6 Å². The van der Waals surface area contributed by atoms with Crippen LogP contribution in [0.4, 0.5) is 0 Å². The van der Waals surface area contributed by atoms with Crippen LogP contribution in [0.1, 0.15) is 20.8 Å². The van der Waals surface area contributed by atoms with Crippen LogP contribution >= 0.6 is 0 Å². The highest BCUT2D eigenvalue weighted by atomic mass is 28.2. The van der Waals surface area contributed by atoms with Crippen molar-refractivity contribution in [2.45, 2.75) is 32.4 Å². The molecule has 0 aliphatic heterocycles. The molecule has 0 saturated heterocycles. The molecule has 0 aliphatic rings. The molecule has 0 spiro atoms. The van der Waals surface area contributed by atoms with Crippen LogP contribution in [0.15, 0.2) is 12.7 Å². The monoisotopic (exact) mass is 232 g/mol. The quantitative estimate of drug-likeness (QED) is 0.266. The Labute approximate surface area is 93.4 Å². The average molecular weight is 232 g/mol. The average Bonchev–Trinajstić information content (AvgIpc) is 2.18. The highest BCUT2D eigenvalue weighted by molar-refractivity contribution is 6.38. The topological polar surface area (TPSA) is 44.8 Å². The summed E-state index contributed by atoms with van der Waals surface area (Å²) in [7, 11) is -0.760. The van der Waals surface area contributed by atoms with Crippen molar-refractivity contribution in [3.05, 3.63) is 12.7 Å². The summed E-state index contributed by atoms with van der Waals surface area (Å²) in [6, 6.07) is 0. The fraction of sp³-hybridized carbons (Fsp3) is 0.700. The molecular formula is C10H20O4Si. The van der Waals surface area contributed by atoms with Gasteiger partial charge in [0, 0.05) is 19.3 Å². The number of carbonyl (C=O) groups excluding carboxylic acids is 1. The van der Waals surface area contributed by atoms with Crippen molar-refractivity contribution in [3.8, 4) is 0 Å². The van der Waals surface area contributed by atoms with Crippen LogP contribution in [0.3, 0.4) is 0 Å². The predicted octanol–water partition coefficient (Wildman–Crippen LogP) is 0.587. The molecule has 0 heterocycles. The SMILES string of the molecule is C=CC(=O)OC(C)[SiH2]C(OCC)OCC. The van der Waals surface area contributed by atoms with E-state index < -0.39 is 9.52 Å². The molecule has 0 saturated carbocycles. The molecule has 5 heteroatoms. The third kappa shape index (κ3) is 7.30. The maximum atomic E-state index is 10.9. The smallest absolute Gasteiger partial charge is 0.330 e. The van der Waals surface area contributed by atoms with Gasteiger partial charge >= 0.3 is 5.97 Å². The second-order valence-corrected chi connectivity index (χ2v) is 5.32. The standard InChI is InChI=1S/C10H20O4Si/c1-5-9(11)14-8(4)15-10(12-6-2)13-7-3/h5,8,10H,1,6-7,15H2,2-4H3. The van der Waals surface area contributed by atoms with Gasteiger partial charge in [-0.3, -0.25) is 0 Å². The third-order valence-electron chi connectivity index (χ3n) is 1.71. The minimum Gasteiger partial charge on any atom is -0.464 e. The van der Waals surface area contributed by atoms with Gasteiger partial charge in [0.05, 0.1) is 5.73 Å². The van der Waals surface area contributed by atoms with Crippen molar-refractivity contribution in [3.63, 3.8) is 0 Å². The number of hydrogen-bond donors (Lipinski definition) is 0. The Morgan fingerprint density at radius 3 is 2.33 bits per heavy atom. The van der Waals surface area contributed by atoms with E-state index in [1.807, 2.05) is 20.8 Å².